The Morgan fingerprint density at radius 2 is 1.75 bits per heavy atom. The summed E-state index contributed by atoms with van der Waals surface area (Å²) in [4.78, 5) is 12.3. The van der Waals surface area contributed by atoms with Gasteiger partial charge in [0.1, 0.15) is 5.75 Å². The van der Waals surface area contributed by atoms with E-state index >= 15 is 0 Å². The van der Waals surface area contributed by atoms with Crippen LogP contribution in [0.15, 0.2) is 42.5 Å². The lowest BCUT2D eigenvalue weighted by Gasteiger charge is -2.11. The lowest BCUT2D eigenvalue weighted by Crippen LogP contribution is -2.24. The van der Waals surface area contributed by atoms with Gasteiger partial charge in [0.05, 0.1) is 33.4 Å². The quantitative estimate of drug-likeness (QED) is 0.858. The minimum absolute atomic E-state index is 0.227. The summed E-state index contributed by atoms with van der Waals surface area (Å²) < 4.78 is 15.5. The highest BCUT2D eigenvalue weighted by atomic mass is 16.5. The van der Waals surface area contributed by atoms with Crippen molar-refractivity contribution in [3.63, 3.8) is 0 Å². The Kier molecular flexibility index (Phi) is 6.09. The van der Waals surface area contributed by atoms with Crippen molar-refractivity contribution in [2.24, 2.45) is 0 Å². The molecule has 0 spiro atoms. The molecule has 0 heterocycles. The summed E-state index contributed by atoms with van der Waals surface area (Å²) in [7, 11) is 4.64. The maximum absolute atomic E-state index is 12.3. The zero-order valence-electron chi connectivity index (χ0n) is 13.9. The molecule has 0 atom stereocenters. The zero-order valence-corrected chi connectivity index (χ0v) is 13.9. The van der Waals surface area contributed by atoms with Crippen LogP contribution < -0.4 is 19.5 Å². The van der Waals surface area contributed by atoms with Crippen molar-refractivity contribution in [2.75, 3.05) is 27.9 Å². The average molecular weight is 325 g/mol. The van der Waals surface area contributed by atoms with Crippen LogP contribution in [0.4, 0.5) is 0 Å². The van der Waals surface area contributed by atoms with E-state index in [0.717, 1.165) is 11.3 Å². The number of carbonyl (C=O) groups is 1. The summed E-state index contributed by atoms with van der Waals surface area (Å²) in [6, 6.07) is 12.5. The highest BCUT2D eigenvalue weighted by molar-refractivity contribution is 5.97. The highest BCUT2D eigenvalue weighted by Crippen LogP contribution is 2.30. The van der Waals surface area contributed by atoms with Crippen LogP contribution in [0.3, 0.4) is 0 Å². The Bertz CT molecular complexity index is 757. The van der Waals surface area contributed by atoms with Crippen LogP contribution in [-0.4, -0.2) is 33.8 Å². The summed E-state index contributed by atoms with van der Waals surface area (Å²) in [5.74, 6) is 7.31. The molecule has 2 aromatic rings. The minimum atomic E-state index is -0.269. The Morgan fingerprint density at radius 3 is 2.38 bits per heavy atom. The van der Waals surface area contributed by atoms with E-state index in [2.05, 4.69) is 17.2 Å². The third-order valence-corrected chi connectivity index (χ3v) is 3.31. The van der Waals surface area contributed by atoms with Crippen molar-refractivity contribution in [3.8, 4) is 29.1 Å². The topological polar surface area (TPSA) is 56.8 Å². The monoisotopic (exact) mass is 325 g/mol. The van der Waals surface area contributed by atoms with Gasteiger partial charge in [0.15, 0.2) is 11.5 Å². The van der Waals surface area contributed by atoms with E-state index in [1.807, 2.05) is 24.3 Å². The first-order chi connectivity index (χ1) is 11.7. The molecule has 124 valence electrons. The van der Waals surface area contributed by atoms with Crippen molar-refractivity contribution in [1.29, 1.82) is 0 Å². The number of carbonyl (C=O) groups excluding carboxylic acids is 1. The van der Waals surface area contributed by atoms with E-state index in [4.69, 9.17) is 14.2 Å². The number of rotatable bonds is 5. The number of amides is 1. The summed E-state index contributed by atoms with van der Waals surface area (Å²) in [5, 5.41) is 2.74. The second kappa shape index (κ2) is 8.49. The van der Waals surface area contributed by atoms with Gasteiger partial charge in [-0.1, -0.05) is 17.9 Å². The summed E-state index contributed by atoms with van der Waals surface area (Å²) in [6.07, 6.45) is 0. The zero-order chi connectivity index (χ0) is 17.4. The predicted molar refractivity (Wildman–Crippen MR) is 91.8 cm³/mol. The molecule has 2 aromatic carbocycles. The molecule has 0 aliphatic carbocycles. The van der Waals surface area contributed by atoms with Gasteiger partial charge in [-0.25, -0.2) is 0 Å². The Labute approximate surface area is 141 Å². The first kappa shape index (κ1) is 17.2. The third kappa shape index (κ3) is 4.20. The molecule has 0 saturated heterocycles. The molecule has 0 fully saturated rings. The second-order valence-corrected chi connectivity index (χ2v) is 4.75. The number of para-hydroxylation sites is 1. The molecule has 1 amide bonds. The van der Waals surface area contributed by atoms with E-state index in [1.54, 1.807) is 25.3 Å². The molecular weight excluding hydrogens is 306 g/mol. The van der Waals surface area contributed by atoms with Crippen molar-refractivity contribution in [3.05, 3.63) is 53.6 Å². The van der Waals surface area contributed by atoms with E-state index in [1.165, 1.54) is 14.2 Å². The fraction of sp³-hybridized carbons (Fsp3) is 0.211. The molecular formula is C19H19NO4. The Balaban J connectivity index is 2.00. The maximum Gasteiger partial charge on any atom is 0.255 e. The van der Waals surface area contributed by atoms with Crippen molar-refractivity contribution < 1.29 is 19.0 Å². The van der Waals surface area contributed by atoms with E-state index in [9.17, 15) is 4.79 Å². The molecule has 0 aromatic heterocycles. The fourth-order valence-corrected chi connectivity index (χ4v) is 2.11. The van der Waals surface area contributed by atoms with E-state index in [0.29, 0.717) is 17.1 Å². The summed E-state index contributed by atoms with van der Waals surface area (Å²) in [5.41, 5.74) is 1.26. The first-order valence-electron chi connectivity index (χ1n) is 7.31. The van der Waals surface area contributed by atoms with E-state index < -0.39 is 0 Å². The summed E-state index contributed by atoms with van der Waals surface area (Å²) in [6.45, 7) is 0.227. The SMILES string of the molecule is COc1ccc(C#CCNC(=O)c2cccc(OC)c2OC)cc1. The second-order valence-electron chi connectivity index (χ2n) is 4.75. The number of methoxy groups -OCH3 is 3. The third-order valence-electron chi connectivity index (χ3n) is 3.31. The molecule has 0 radical (unpaired) electrons. The number of nitrogens with one attached hydrogen (secondary N) is 1. The number of benzene rings is 2. The molecule has 0 saturated carbocycles. The van der Waals surface area contributed by atoms with Crippen molar-refractivity contribution in [2.45, 2.75) is 0 Å². The molecule has 0 aliphatic rings. The van der Waals surface area contributed by atoms with Crippen LogP contribution in [0.1, 0.15) is 15.9 Å². The van der Waals surface area contributed by atoms with Gasteiger partial charge in [-0.15, -0.1) is 0 Å². The van der Waals surface area contributed by atoms with Crippen LogP contribution in [0.25, 0.3) is 0 Å². The van der Waals surface area contributed by atoms with Crippen LogP contribution in [-0.2, 0) is 0 Å². The van der Waals surface area contributed by atoms with Crippen LogP contribution in [0, 0.1) is 11.8 Å². The Hall–Kier alpha value is -3.13. The van der Waals surface area contributed by atoms with Crippen LogP contribution in [0.5, 0.6) is 17.2 Å². The fourth-order valence-electron chi connectivity index (χ4n) is 2.11. The van der Waals surface area contributed by atoms with Gasteiger partial charge >= 0.3 is 0 Å². The number of hydrogen-bond donors (Lipinski definition) is 1. The molecule has 0 aliphatic heterocycles. The molecule has 24 heavy (non-hydrogen) atoms. The lowest BCUT2D eigenvalue weighted by molar-refractivity contribution is 0.0955. The number of ether oxygens (including phenoxy) is 3. The lowest BCUT2D eigenvalue weighted by atomic mass is 10.1. The van der Waals surface area contributed by atoms with Gasteiger partial charge in [-0.05, 0) is 36.4 Å². The van der Waals surface area contributed by atoms with Gasteiger partial charge < -0.3 is 19.5 Å². The first-order valence-corrected chi connectivity index (χ1v) is 7.31. The predicted octanol–water partition coefficient (Wildman–Crippen LogP) is 2.49. The van der Waals surface area contributed by atoms with Crippen LogP contribution in [0.2, 0.25) is 0 Å². The highest BCUT2D eigenvalue weighted by Gasteiger charge is 2.15. The van der Waals surface area contributed by atoms with Gasteiger partial charge in [0.2, 0.25) is 0 Å². The van der Waals surface area contributed by atoms with Gasteiger partial charge in [-0.2, -0.15) is 0 Å². The molecule has 5 heteroatoms. The van der Waals surface area contributed by atoms with Gasteiger partial charge in [-0.3, -0.25) is 4.79 Å². The van der Waals surface area contributed by atoms with Gasteiger partial charge in [0.25, 0.3) is 5.91 Å². The van der Waals surface area contributed by atoms with Crippen molar-refractivity contribution >= 4 is 5.91 Å². The van der Waals surface area contributed by atoms with E-state index in [-0.39, 0.29) is 12.5 Å². The normalized spacial score (nSPS) is 9.46. The van der Waals surface area contributed by atoms with Crippen molar-refractivity contribution in [1.82, 2.24) is 5.32 Å². The standard InChI is InChI=1S/C19H19NO4/c1-22-15-11-9-14(10-12-15)6-5-13-20-19(21)16-7-4-8-17(23-2)18(16)24-3/h4,7-12H,13H2,1-3H3,(H,20,21). The van der Waals surface area contributed by atoms with Crippen LogP contribution >= 0.6 is 0 Å². The smallest absolute Gasteiger partial charge is 0.255 e. The number of hydrogen-bond acceptors (Lipinski definition) is 4. The largest absolute Gasteiger partial charge is 0.497 e. The maximum atomic E-state index is 12.3. The van der Waals surface area contributed by atoms with Gasteiger partial charge in [0, 0.05) is 5.56 Å². The molecule has 1 N–H and O–H groups in total. The molecule has 5 nitrogen and oxygen atoms in total. The molecule has 2 rings (SSSR count). The Morgan fingerprint density at radius 1 is 1.00 bits per heavy atom. The average Bonchev–Trinajstić information content (AvgIpc) is 2.64. The minimum Gasteiger partial charge on any atom is -0.497 e. The molecule has 0 unspecified atom stereocenters. The molecule has 0 bridgehead atoms. The summed E-state index contributed by atoms with van der Waals surface area (Å²) >= 11 is 0.